The maximum atomic E-state index is 12.7. The standard InChI is InChI=1S/C17H17N3O4S2/c1-23-13-3-4-16(15(9-13)24-2)26(21,22)20-10-14-17(19-7-6-18-14)12-5-8-25-11-12/h3-9,11,20H,10H2,1-2H3. The van der Waals surface area contributed by atoms with Crippen LogP contribution in [0.1, 0.15) is 5.69 Å². The lowest BCUT2D eigenvalue weighted by Crippen LogP contribution is -2.24. The van der Waals surface area contributed by atoms with Crippen LogP contribution < -0.4 is 14.2 Å². The van der Waals surface area contributed by atoms with Crippen molar-refractivity contribution >= 4 is 21.4 Å². The van der Waals surface area contributed by atoms with Crippen LogP contribution in [0.4, 0.5) is 0 Å². The van der Waals surface area contributed by atoms with Gasteiger partial charge in [-0.3, -0.25) is 9.97 Å². The van der Waals surface area contributed by atoms with Crippen LogP contribution in [-0.2, 0) is 16.6 Å². The third-order valence-electron chi connectivity index (χ3n) is 3.66. The molecule has 0 unspecified atom stereocenters. The molecule has 26 heavy (non-hydrogen) atoms. The summed E-state index contributed by atoms with van der Waals surface area (Å²) in [5, 5.41) is 3.87. The Balaban J connectivity index is 1.86. The molecule has 0 saturated carbocycles. The lowest BCUT2D eigenvalue weighted by atomic mass is 10.2. The van der Waals surface area contributed by atoms with Crippen LogP contribution in [0, 0.1) is 0 Å². The Morgan fingerprint density at radius 2 is 1.92 bits per heavy atom. The SMILES string of the molecule is COc1ccc(S(=O)(=O)NCc2nccnc2-c2ccsc2)c(OC)c1. The number of ether oxygens (including phenoxy) is 2. The number of hydrogen-bond acceptors (Lipinski definition) is 7. The smallest absolute Gasteiger partial charge is 0.244 e. The van der Waals surface area contributed by atoms with E-state index < -0.39 is 10.0 Å². The second-order valence-electron chi connectivity index (χ2n) is 5.21. The summed E-state index contributed by atoms with van der Waals surface area (Å²) < 4.78 is 38.2. The van der Waals surface area contributed by atoms with Crippen LogP contribution in [-0.4, -0.2) is 32.6 Å². The normalized spacial score (nSPS) is 11.3. The molecule has 0 amide bonds. The fourth-order valence-corrected chi connectivity index (χ4v) is 4.15. The Labute approximate surface area is 155 Å². The van der Waals surface area contributed by atoms with E-state index in [2.05, 4.69) is 14.7 Å². The number of nitrogens with zero attached hydrogens (tertiary/aromatic N) is 2. The molecule has 0 radical (unpaired) electrons. The number of benzene rings is 1. The van der Waals surface area contributed by atoms with Gasteiger partial charge in [-0.05, 0) is 23.6 Å². The number of sulfonamides is 1. The molecule has 9 heteroatoms. The number of rotatable bonds is 7. The number of aromatic nitrogens is 2. The summed E-state index contributed by atoms with van der Waals surface area (Å²) in [5.41, 5.74) is 2.10. The first-order valence-corrected chi connectivity index (χ1v) is 10.0. The van der Waals surface area contributed by atoms with E-state index in [9.17, 15) is 8.42 Å². The van der Waals surface area contributed by atoms with Gasteiger partial charge in [-0.2, -0.15) is 11.3 Å². The van der Waals surface area contributed by atoms with Crippen molar-refractivity contribution in [3.05, 3.63) is 53.1 Å². The van der Waals surface area contributed by atoms with Crippen molar-refractivity contribution in [1.82, 2.24) is 14.7 Å². The zero-order valence-electron chi connectivity index (χ0n) is 14.2. The van der Waals surface area contributed by atoms with Crippen molar-refractivity contribution in [3.63, 3.8) is 0 Å². The lowest BCUT2D eigenvalue weighted by molar-refractivity contribution is 0.386. The summed E-state index contributed by atoms with van der Waals surface area (Å²) in [5.74, 6) is 0.712. The predicted molar refractivity (Wildman–Crippen MR) is 98.9 cm³/mol. The van der Waals surface area contributed by atoms with Gasteiger partial charge in [0, 0.05) is 29.4 Å². The highest BCUT2D eigenvalue weighted by molar-refractivity contribution is 7.89. The van der Waals surface area contributed by atoms with Gasteiger partial charge in [0.15, 0.2) is 0 Å². The van der Waals surface area contributed by atoms with Crippen molar-refractivity contribution in [3.8, 4) is 22.8 Å². The van der Waals surface area contributed by atoms with E-state index >= 15 is 0 Å². The number of thiophene rings is 1. The Bertz CT molecular complexity index is 989. The van der Waals surface area contributed by atoms with Gasteiger partial charge in [-0.1, -0.05) is 0 Å². The van der Waals surface area contributed by atoms with Crippen LogP contribution in [0.3, 0.4) is 0 Å². The van der Waals surface area contributed by atoms with Gasteiger partial charge in [-0.15, -0.1) is 0 Å². The fourth-order valence-electron chi connectivity index (χ4n) is 2.37. The molecule has 2 heterocycles. The molecule has 0 aliphatic carbocycles. The van der Waals surface area contributed by atoms with E-state index in [1.807, 2.05) is 16.8 Å². The molecular weight excluding hydrogens is 374 g/mol. The molecule has 3 rings (SSSR count). The van der Waals surface area contributed by atoms with Gasteiger partial charge >= 0.3 is 0 Å². The van der Waals surface area contributed by atoms with E-state index in [0.717, 1.165) is 5.56 Å². The summed E-state index contributed by atoms with van der Waals surface area (Å²) in [7, 11) is -0.898. The highest BCUT2D eigenvalue weighted by Gasteiger charge is 2.21. The van der Waals surface area contributed by atoms with Gasteiger partial charge in [0.2, 0.25) is 10.0 Å². The summed E-state index contributed by atoms with van der Waals surface area (Å²) in [6.07, 6.45) is 3.12. The summed E-state index contributed by atoms with van der Waals surface area (Å²) in [6.45, 7) is 0.0105. The van der Waals surface area contributed by atoms with Crippen LogP contribution in [0.15, 0.2) is 52.3 Å². The molecule has 0 saturated heterocycles. The maximum absolute atomic E-state index is 12.7. The molecule has 0 spiro atoms. The van der Waals surface area contributed by atoms with E-state index in [4.69, 9.17) is 9.47 Å². The second-order valence-corrected chi connectivity index (χ2v) is 7.72. The minimum Gasteiger partial charge on any atom is -0.497 e. The van der Waals surface area contributed by atoms with Crippen LogP contribution in [0.25, 0.3) is 11.3 Å². The van der Waals surface area contributed by atoms with Crippen molar-refractivity contribution in [2.75, 3.05) is 14.2 Å². The molecule has 0 aliphatic rings. The first kappa shape index (κ1) is 18.3. The molecule has 0 aliphatic heterocycles. The first-order valence-electron chi connectivity index (χ1n) is 7.59. The fraction of sp³-hybridized carbons (Fsp3) is 0.176. The van der Waals surface area contributed by atoms with Crippen molar-refractivity contribution in [1.29, 1.82) is 0 Å². The first-order chi connectivity index (χ1) is 12.5. The number of hydrogen-bond donors (Lipinski definition) is 1. The topological polar surface area (TPSA) is 90.4 Å². The maximum Gasteiger partial charge on any atom is 0.244 e. The average molecular weight is 391 g/mol. The number of methoxy groups -OCH3 is 2. The molecule has 3 aromatic rings. The van der Waals surface area contributed by atoms with Gasteiger partial charge in [0.1, 0.15) is 16.4 Å². The van der Waals surface area contributed by atoms with E-state index in [1.165, 1.54) is 43.9 Å². The van der Waals surface area contributed by atoms with Gasteiger partial charge < -0.3 is 9.47 Å². The Kier molecular flexibility index (Phi) is 5.50. The van der Waals surface area contributed by atoms with Crippen LogP contribution >= 0.6 is 11.3 Å². The summed E-state index contributed by atoms with van der Waals surface area (Å²) in [6, 6.07) is 6.44. The minimum atomic E-state index is -3.81. The van der Waals surface area contributed by atoms with E-state index in [1.54, 1.807) is 12.3 Å². The quantitative estimate of drug-likeness (QED) is 0.666. The van der Waals surface area contributed by atoms with E-state index in [0.29, 0.717) is 17.1 Å². The highest BCUT2D eigenvalue weighted by Crippen LogP contribution is 2.28. The molecule has 1 N–H and O–H groups in total. The highest BCUT2D eigenvalue weighted by atomic mass is 32.2. The molecule has 0 atom stereocenters. The largest absolute Gasteiger partial charge is 0.497 e. The molecular formula is C17H17N3O4S2. The van der Waals surface area contributed by atoms with Crippen LogP contribution in [0.2, 0.25) is 0 Å². The van der Waals surface area contributed by atoms with Gasteiger partial charge in [-0.25, -0.2) is 13.1 Å². The third kappa shape index (κ3) is 3.85. The van der Waals surface area contributed by atoms with Crippen molar-refractivity contribution < 1.29 is 17.9 Å². The van der Waals surface area contributed by atoms with Gasteiger partial charge in [0.25, 0.3) is 0 Å². The zero-order chi connectivity index (χ0) is 18.6. The second kappa shape index (κ2) is 7.81. The molecule has 0 bridgehead atoms. The Morgan fingerprint density at radius 1 is 1.12 bits per heavy atom. The summed E-state index contributed by atoms with van der Waals surface area (Å²) in [4.78, 5) is 8.61. The third-order valence-corrected chi connectivity index (χ3v) is 5.78. The van der Waals surface area contributed by atoms with Crippen molar-refractivity contribution in [2.45, 2.75) is 11.4 Å². The Hall–Kier alpha value is -2.49. The lowest BCUT2D eigenvalue weighted by Gasteiger charge is -2.12. The predicted octanol–water partition coefficient (Wildman–Crippen LogP) is 2.70. The molecule has 136 valence electrons. The van der Waals surface area contributed by atoms with Crippen LogP contribution in [0.5, 0.6) is 11.5 Å². The number of nitrogens with one attached hydrogen (secondary N) is 1. The zero-order valence-corrected chi connectivity index (χ0v) is 15.8. The summed E-state index contributed by atoms with van der Waals surface area (Å²) >= 11 is 1.54. The Morgan fingerprint density at radius 3 is 2.62 bits per heavy atom. The molecule has 7 nitrogen and oxygen atoms in total. The molecule has 1 aromatic carbocycles. The molecule has 2 aromatic heterocycles. The van der Waals surface area contributed by atoms with E-state index in [-0.39, 0.29) is 17.2 Å². The molecule has 0 fully saturated rings. The average Bonchev–Trinajstić information content (AvgIpc) is 3.20. The monoisotopic (exact) mass is 391 g/mol. The van der Waals surface area contributed by atoms with Gasteiger partial charge in [0.05, 0.1) is 32.2 Å². The van der Waals surface area contributed by atoms with Crippen molar-refractivity contribution in [2.24, 2.45) is 0 Å². The minimum absolute atomic E-state index is 0.0105.